The van der Waals surface area contributed by atoms with E-state index < -0.39 is 16.6 Å². The van der Waals surface area contributed by atoms with Gasteiger partial charge in [0.15, 0.2) is 0 Å². The third-order valence-corrected chi connectivity index (χ3v) is 2.97. The normalized spacial score (nSPS) is 17.0. The van der Waals surface area contributed by atoms with Gasteiger partial charge in [-0.3, -0.25) is 4.79 Å². The molecule has 2 atom stereocenters. The molecule has 0 aromatic heterocycles. The first-order valence-corrected chi connectivity index (χ1v) is 5.18. The van der Waals surface area contributed by atoms with Crippen LogP contribution in [0.3, 0.4) is 0 Å². The van der Waals surface area contributed by atoms with E-state index in [1.54, 1.807) is 13.2 Å². The van der Waals surface area contributed by atoms with Crippen molar-refractivity contribution in [2.24, 2.45) is 16.3 Å². The third kappa shape index (κ3) is 2.96. The minimum Gasteiger partial charge on any atom is -0.399 e. The summed E-state index contributed by atoms with van der Waals surface area (Å²) in [5, 5.41) is 3.07. The molecule has 0 saturated carbocycles. The molecule has 78 valence electrons. The maximum absolute atomic E-state index is 11.1. The molecule has 0 aliphatic rings. The summed E-state index contributed by atoms with van der Waals surface area (Å²) in [6.45, 7) is 1.71. The number of hydrogen-bond acceptors (Lipinski definition) is 4. The Morgan fingerprint density at radius 1 is 1.86 bits per heavy atom. The fraction of sp³-hybridized carbons (Fsp3) is 0.556. The highest BCUT2D eigenvalue weighted by atomic mass is 32.2. The Hall–Kier alpha value is -1.15. The average molecular weight is 214 g/mol. The van der Waals surface area contributed by atoms with Gasteiger partial charge < -0.3 is 10.6 Å². The summed E-state index contributed by atoms with van der Waals surface area (Å²) in [7, 11) is 1.41. The van der Waals surface area contributed by atoms with Crippen LogP contribution in [0.4, 0.5) is 0 Å². The van der Waals surface area contributed by atoms with E-state index in [-0.39, 0.29) is 0 Å². The van der Waals surface area contributed by atoms with Crippen molar-refractivity contribution < 1.29 is 9.63 Å². The van der Waals surface area contributed by atoms with E-state index in [0.29, 0.717) is 0 Å². The molecule has 0 spiro atoms. The zero-order valence-electron chi connectivity index (χ0n) is 8.48. The van der Waals surface area contributed by atoms with Crippen LogP contribution < -0.4 is 5.73 Å². The highest BCUT2D eigenvalue weighted by Crippen LogP contribution is 2.27. The Labute approximate surface area is 88.2 Å². The number of amides is 1. The van der Waals surface area contributed by atoms with E-state index in [4.69, 9.17) is 12.2 Å². The first-order chi connectivity index (χ1) is 6.51. The number of rotatable bonds is 5. The average Bonchev–Trinajstić information content (AvgIpc) is 2.15. The van der Waals surface area contributed by atoms with E-state index in [0.717, 1.165) is 0 Å². The summed E-state index contributed by atoms with van der Waals surface area (Å²) >= 11 is 1.30. The molecule has 0 fully saturated rings. The second-order valence-corrected chi connectivity index (χ2v) is 3.81. The van der Waals surface area contributed by atoms with Gasteiger partial charge in [-0.25, -0.2) is 0 Å². The number of carbonyl (C=O) groups excluding carboxylic acids is 1. The fourth-order valence-electron chi connectivity index (χ4n) is 0.999. The predicted molar refractivity (Wildman–Crippen MR) is 58.9 cm³/mol. The predicted octanol–water partition coefficient (Wildman–Crippen LogP) is 0.475. The second kappa shape index (κ2) is 5.55. The number of primary amides is 1. The summed E-state index contributed by atoms with van der Waals surface area (Å²) in [4.78, 5) is 15.6. The quantitative estimate of drug-likeness (QED) is 0.411. The van der Waals surface area contributed by atoms with Gasteiger partial charge in [0.1, 0.15) is 12.4 Å². The molecule has 0 aliphatic carbocycles. The van der Waals surface area contributed by atoms with E-state index in [1.165, 1.54) is 25.1 Å². The molecule has 0 aliphatic heterocycles. The van der Waals surface area contributed by atoms with E-state index in [1.807, 2.05) is 0 Å². The van der Waals surface area contributed by atoms with Crippen molar-refractivity contribution in [2.75, 3.05) is 13.4 Å². The minimum atomic E-state index is -0.818. The number of nitrogens with two attached hydrogens (primary N) is 1. The lowest BCUT2D eigenvalue weighted by molar-refractivity contribution is -0.118. The molecule has 0 aromatic carbocycles. The topological polar surface area (TPSA) is 64.7 Å². The SMILES string of the molecule is C#CC(C)(C=NOC)C(SC)C(N)=O. The molecule has 14 heavy (non-hydrogen) atoms. The lowest BCUT2D eigenvalue weighted by Gasteiger charge is -2.24. The first-order valence-electron chi connectivity index (χ1n) is 3.89. The molecule has 5 heteroatoms. The number of thioether (sulfide) groups is 1. The molecular formula is C9H14N2O2S. The third-order valence-electron chi connectivity index (χ3n) is 1.78. The molecular weight excluding hydrogens is 200 g/mol. The van der Waals surface area contributed by atoms with E-state index in [2.05, 4.69) is 15.9 Å². The van der Waals surface area contributed by atoms with Gasteiger partial charge >= 0.3 is 0 Å². The van der Waals surface area contributed by atoms with Crippen LogP contribution in [0.2, 0.25) is 0 Å². The standard InChI is InChI=1S/C9H14N2O2S/c1-5-9(2,6-11-13-3)7(14-4)8(10)12/h1,6-7H,2-4H3,(H2,10,12). The van der Waals surface area contributed by atoms with Gasteiger partial charge in [0.25, 0.3) is 0 Å². The van der Waals surface area contributed by atoms with E-state index >= 15 is 0 Å². The minimum absolute atomic E-state index is 0.458. The summed E-state index contributed by atoms with van der Waals surface area (Å²) in [5.74, 6) is 2.04. The fourth-order valence-corrected chi connectivity index (χ4v) is 1.85. The van der Waals surface area contributed by atoms with Crippen molar-refractivity contribution in [1.82, 2.24) is 0 Å². The molecule has 2 N–H and O–H groups in total. The summed E-state index contributed by atoms with van der Waals surface area (Å²) in [6.07, 6.45) is 8.53. The van der Waals surface area contributed by atoms with Gasteiger partial charge in [-0.05, 0) is 13.2 Å². The van der Waals surface area contributed by atoms with Crippen LogP contribution in [0.25, 0.3) is 0 Å². The number of hydrogen-bond donors (Lipinski definition) is 1. The highest BCUT2D eigenvalue weighted by Gasteiger charge is 2.35. The number of terminal acetylenes is 1. The molecule has 0 radical (unpaired) electrons. The Kier molecular flexibility index (Phi) is 5.10. The van der Waals surface area contributed by atoms with Gasteiger partial charge in [-0.1, -0.05) is 11.1 Å². The highest BCUT2D eigenvalue weighted by molar-refractivity contribution is 8.00. The van der Waals surface area contributed by atoms with E-state index in [9.17, 15) is 4.79 Å². The molecule has 0 heterocycles. The molecule has 0 saturated heterocycles. The van der Waals surface area contributed by atoms with Crippen LogP contribution in [0.15, 0.2) is 5.16 Å². The smallest absolute Gasteiger partial charge is 0.232 e. The summed E-state index contributed by atoms with van der Waals surface area (Å²) in [5.41, 5.74) is 4.40. The van der Waals surface area contributed by atoms with Crippen LogP contribution in [0.5, 0.6) is 0 Å². The van der Waals surface area contributed by atoms with Gasteiger partial charge in [0, 0.05) is 0 Å². The largest absolute Gasteiger partial charge is 0.399 e. The van der Waals surface area contributed by atoms with Crippen LogP contribution in [-0.4, -0.2) is 30.7 Å². The second-order valence-electron chi connectivity index (χ2n) is 2.86. The Balaban J connectivity index is 4.92. The monoisotopic (exact) mass is 214 g/mol. The Bertz CT molecular complexity index is 272. The van der Waals surface area contributed by atoms with Crippen LogP contribution in [-0.2, 0) is 9.63 Å². The van der Waals surface area contributed by atoms with Crippen LogP contribution >= 0.6 is 11.8 Å². The Morgan fingerprint density at radius 2 is 2.43 bits per heavy atom. The summed E-state index contributed by atoms with van der Waals surface area (Å²) in [6, 6.07) is 0. The summed E-state index contributed by atoms with van der Waals surface area (Å²) < 4.78 is 0. The van der Waals surface area contributed by atoms with Crippen LogP contribution in [0.1, 0.15) is 6.92 Å². The molecule has 1 amide bonds. The van der Waals surface area contributed by atoms with Crippen molar-refractivity contribution >= 4 is 23.9 Å². The zero-order valence-corrected chi connectivity index (χ0v) is 9.30. The lowest BCUT2D eigenvalue weighted by atomic mass is 9.88. The molecule has 0 aromatic rings. The molecule has 2 unspecified atom stereocenters. The van der Waals surface area contributed by atoms with Crippen molar-refractivity contribution in [3.05, 3.63) is 0 Å². The van der Waals surface area contributed by atoms with Crippen molar-refractivity contribution in [1.29, 1.82) is 0 Å². The zero-order chi connectivity index (χ0) is 11.2. The van der Waals surface area contributed by atoms with Gasteiger partial charge in [0.2, 0.25) is 5.91 Å². The lowest BCUT2D eigenvalue weighted by Crippen LogP contribution is -2.40. The number of nitrogens with zero attached hydrogens (tertiary/aromatic N) is 1. The maximum Gasteiger partial charge on any atom is 0.232 e. The maximum atomic E-state index is 11.1. The molecule has 4 nitrogen and oxygen atoms in total. The van der Waals surface area contributed by atoms with Crippen molar-refractivity contribution in [3.8, 4) is 12.3 Å². The molecule has 0 rings (SSSR count). The van der Waals surface area contributed by atoms with Gasteiger partial charge in [-0.2, -0.15) is 11.8 Å². The Morgan fingerprint density at radius 3 is 2.71 bits per heavy atom. The number of carbonyl (C=O) groups is 1. The first kappa shape index (κ1) is 12.8. The van der Waals surface area contributed by atoms with Crippen LogP contribution in [0, 0.1) is 17.8 Å². The molecule has 0 bridgehead atoms. The van der Waals surface area contributed by atoms with Gasteiger partial charge in [-0.15, -0.1) is 6.42 Å². The van der Waals surface area contributed by atoms with Crippen molar-refractivity contribution in [3.63, 3.8) is 0 Å². The number of oxime groups is 1. The van der Waals surface area contributed by atoms with Crippen molar-refractivity contribution in [2.45, 2.75) is 12.2 Å². The van der Waals surface area contributed by atoms with Gasteiger partial charge in [0.05, 0.1) is 11.6 Å².